The number of hydrogen-bond donors (Lipinski definition) is 1. The highest BCUT2D eigenvalue weighted by Crippen LogP contribution is 2.42. The molecule has 0 fully saturated rings. The molecule has 1 aromatic carbocycles. The van der Waals surface area contributed by atoms with Crippen LogP contribution in [-0.4, -0.2) is 27.1 Å². The van der Waals surface area contributed by atoms with Gasteiger partial charge in [-0.1, -0.05) is 13.8 Å². The van der Waals surface area contributed by atoms with Crippen LogP contribution < -0.4 is 9.62 Å². The van der Waals surface area contributed by atoms with Crippen molar-refractivity contribution in [3.8, 4) is 0 Å². The zero-order valence-electron chi connectivity index (χ0n) is 16.7. The van der Waals surface area contributed by atoms with Crippen molar-refractivity contribution in [1.29, 1.82) is 0 Å². The zero-order valence-corrected chi connectivity index (χ0v) is 17.5. The standard InChI is InChI=1S/C21H26N2O4S/c1-13-9-16-17(11-21(2,3)12-19(16)27-13)22-20(24)15-5-6-18-14(10-15)7-8-23(18)28(4,25)26/h5-6,9-10,17H,7-8,11-12H2,1-4H3,(H,22,24)/t17-/m0/s1. The van der Waals surface area contributed by atoms with E-state index in [1.54, 1.807) is 12.1 Å². The Kier molecular flexibility index (Phi) is 4.34. The van der Waals surface area contributed by atoms with Crippen molar-refractivity contribution < 1.29 is 17.6 Å². The lowest BCUT2D eigenvalue weighted by atomic mass is 9.74. The number of hydrogen-bond acceptors (Lipinski definition) is 4. The number of aryl methyl sites for hydroxylation is 1. The van der Waals surface area contributed by atoms with Gasteiger partial charge in [-0.15, -0.1) is 0 Å². The summed E-state index contributed by atoms with van der Waals surface area (Å²) >= 11 is 0. The van der Waals surface area contributed by atoms with Crippen LogP contribution in [0.1, 0.15) is 59.3 Å². The Morgan fingerprint density at radius 3 is 2.75 bits per heavy atom. The summed E-state index contributed by atoms with van der Waals surface area (Å²) in [4.78, 5) is 12.9. The Labute approximate surface area is 166 Å². The molecule has 1 aliphatic carbocycles. The van der Waals surface area contributed by atoms with Gasteiger partial charge in [0.25, 0.3) is 5.91 Å². The lowest BCUT2D eigenvalue weighted by molar-refractivity contribution is 0.0917. The molecule has 6 nitrogen and oxygen atoms in total. The highest BCUT2D eigenvalue weighted by molar-refractivity contribution is 7.92. The number of amides is 1. The molecule has 150 valence electrons. The lowest BCUT2D eigenvalue weighted by Gasteiger charge is -2.34. The highest BCUT2D eigenvalue weighted by Gasteiger charge is 2.36. The first kappa shape index (κ1) is 19.1. The number of nitrogens with one attached hydrogen (secondary N) is 1. The first-order valence-corrected chi connectivity index (χ1v) is 11.4. The zero-order chi connectivity index (χ0) is 20.3. The van der Waals surface area contributed by atoms with Crippen LogP contribution in [0.3, 0.4) is 0 Å². The molecule has 1 atom stereocenters. The smallest absolute Gasteiger partial charge is 0.251 e. The minimum Gasteiger partial charge on any atom is -0.466 e. The van der Waals surface area contributed by atoms with Gasteiger partial charge in [-0.2, -0.15) is 0 Å². The van der Waals surface area contributed by atoms with Crippen LogP contribution in [0.4, 0.5) is 5.69 Å². The van der Waals surface area contributed by atoms with Crippen molar-refractivity contribution in [3.63, 3.8) is 0 Å². The third kappa shape index (κ3) is 3.43. The van der Waals surface area contributed by atoms with Crippen LogP contribution in [0.15, 0.2) is 28.7 Å². The first-order chi connectivity index (χ1) is 13.0. The molecule has 1 amide bonds. The van der Waals surface area contributed by atoms with Crippen molar-refractivity contribution in [2.75, 3.05) is 17.1 Å². The summed E-state index contributed by atoms with van der Waals surface area (Å²) in [7, 11) is -3.29. The molecule has 2 heterocycles. The topological polar surface area (TPSA) is 79.6 Å². The van der Waals surface area contributed by atoms with E-state index in [1.807, 2.05) is 19.1 Å². The van der Waals surface area contributed by atoms with Crippen molar-refractivity contribution >= 4 is 21.6 Å². The van der Waals surface area contributed by atoms with Gasteiger partial charge in [0, 0.05) is 24.1 Å². The Balaban J connectivity index is 1.58. The van der Waals surface area contributed by atoms with Gasteiger partial charge in [0.15, 0.2) is 0 Å². The second-order valence-corrected chi connectivity index (χ2v) is 10.6. The molecule has 4 rings (SSSR count). The van der Waals surface area contributed by atoms with Crippen LogP contribution in [0.2, 0.25) is 0 Å². The number of nitrogens with zero attached hydrogens (tertiary/aromatic N) is 1. The van der Waals surface area contributed by atoms with E-state index < -0.39 is 10.0 Å². The van der Waals surface area contributed by atoms with E-state index in [9.17, 15) is 13.2 Å². The number of carbonyl (C=O) groups is 1. The summed E-state index contributed by atoms with van der Waals surface area (Å²) in [5, 5.41) is 3.16. The molecular formula is C21H26N2O4S. The molecule has 0 saturated heterocycles. The van der Waals surface area contributed by atoms with Gasteiger partial charge in [0.05, 0.1) is 18.0 Å². The fourth-order valence-corrected chi connectivity index (χ4v) is 5.37. The fourth-order valence-electron chi connectivity index (χ4n) is 4.41. The van der Waals surface area contributed by atoms with Crippen LogP contribution in [0.5, 0.6) is 0 Å². The van der Waals surface area contributed by atoms with Gasteiger partial charge >= 0.3 is 0 Å². The minimum atomic E-state index is -3.29. The van der Waals surface area contributed by atoms with E-state index in [4.69, 9.17) is 4.42 Å². The van der Waals surface area contributed by atoms with Crippen molar-refractivity contribution in [3.05, 3.63) is 52.5 Å². The Morgan fingerprint density at radius 1 is 1.29 bits per heavy atom. The normalized spacial score (nSPS) is 20.6. The summed E-state index contributed by atoms with van der Waals surface area (Å²) in [5.41, 5.74) is 3.23. The van der Waals surface area contributed by atoms with Gasteiger partial charge in [-0.05, 0) is 55.0 Å². The van der Waals surface area contributed by atoms with E-state index in [0.29, 0.717) is 24.2 Å². The van der Waals surface area contributed by atoms with E-state index in [-0.39, 0.29) is 17.4 Å². The number of fused-ring (bicyclic) bond motifs is 2. The Morgan fingerprint density at radius 2 is 2.04 bits per heavy atom. The van der Waals surface area contributed by atoms with Crippen LogP contribution in [0, 0.1) is 12.3 Å². The molecule has 0 saturated carbocycles. The van der Waals surface area contributed by atoms with E-state index >= 15 is 0 Å². The Bertz CT molecular complexity index is 1050. The first-order valence-electron chi connectivity index (χ1n) is 9.54. The minimum absolute atomic E-state index is 0.0448. The molecule has 2 aliphatic rings. The van der Waals surface area contributed by atoms with E-state index in [2.05, 4.69) is 19.2 Å². The molecule has 2 aromatic rings. The second kappa shape index (κ2) is 6.37. The summed E-state index contributed by atoms with van der Waals surface area (Å²) in [5.74, 6) is 1.67. The molecular weight excluding hydrogens is 376 g/mol. The van der Waals surface area contributed by atoms with E-state index in [1.165, 1.54) is 10.6 Å². The molecule has 7 heteroatoms. The van der Waals surface area contributed by atoms with Crippen LogP contribution in [0.25, 0.3) is 0 Å². The molecule has 0 bridgehead atoms. The number of furan rings is 1. The number of carbonyl (C=O) groups excluding carboxylic acids is 1. The molecule has 1 aliphatic heterocycles. The molecule has 0 unspecified atom stereocenters. The summed E-state index contributed by atoms with van der Waals surface area (Å²) in [6, 6.07) is 7.17. The Hall–Kier alpha value is -2.28. The molecule has 1 N–H and O–H groups in total. The lowest BCUT2D eigenvalue weighted by Crippen LogP contribution is -2.36. The maximum Gasteiger partial charge on any atom is 0.251 e. The quantitative estimate of drug-likeness (QED) is 0.854. The van der Waals surface area contributed by atoms with Crippen molar-refractivity contribution in [2.24, 2.45) is 5.41 Å². The monoisotopic (exact) mass is 402 g/mol. The van der Waals surface area contributed by atoms with E-state index in [0.717, 1.165) is 35.5 Å². The van der Waals surface area contributed by atoms with Crippen LogP contribution >= 0.6 is 0 Å². The molecule has 0 radical (unpaired) electrons. The second-order valence-electron chi connectivity index (χ2n) is 8.74. The molecule has 28 heavy (non-hydrogen) atoms. The third-order valence-corrected chi connectivity index (χ3v) is 6.82. The van der Waals surface area contributed by atoms with Gasteiger partial charge in [0.2, 0.25) is 10.0 Å². The average Bonchev–Trinajstić information content (AvgIpc) is 3.15. The third-order valence-electron chi connectivity index (χ3n) is 5.64. The highest BCUT2D eigenvalue weighted by atomic mass is 32.2. The predicted molar refractivity (Wildman–Crippen MR) is 108 cm³/mol. The number of anilines is 1. The van der Waals surface area contributed by atoms with Gasteiger partial charge in [-0.3, -0.25) is 9.10 Å². The predicted octanol–water partition coefficient (Wildman–Crippen LogP) is 3.35. The fraction of sp³-hybridized carbons (Fsp3) is 0.476. The molecule has 0 spiro atoms. The van der Waals surface area contributed by atoms with Gasteiger partial charge in [0.1, 0.15) is 11.5 Å². The summed E-state index contributed by atoms with van der Waals surface area (Å²) in [6.07, 6.45) is 3.53. The summed E-state index contributed by atoms with van der Waals surface area (Å²) < 4.78 is 31.0. The van der Waals surface area contributed by atoms with Crippen LogP contribution in [-0.2, 0) is 22.9 Å². The maximum absolute atomic E-state index is 12.9. The number of sulfonamides is 1. The number of benzene rings is 1. The van der Waals surface area contributed by atoms with Crippen molar-refractivity contribution in [2.45, 2.75) is 46.1 Å². The SMILES string of the molecule is Cc1cc2c(o1)CC(C)(C)C[C@@H]2NC(=O)c1ccc2c(c1)CCN2S(C)(=O)=O. The van der Waals surface area contributed by atoms with Crippen molar-refractivity contribution in [1.82, 2.24) is 5.32 Å². The largest absolute Gasteiger partial charge is 0.466 e. The molecule has 1 aromatic heterocycles. The number of rotatable bonds is 3. The maximum atomic E-state index is 12.9. The summed E-state index contributed by atoms with van der Waals surface area (Å²) in [6.45, 7) is 6.72. The average molecular weight is 403 g/mol. The van der Waals surface area contributed by atoms with Gasteiger partial charge < -0.3 is 9.73 Å². The van der Waals surface area contributed by atoms with Gasteiger partial charge in [-0.25, -0.2) is 8.42 Å².